The third-order valence-corrected chi connectivity index (χ3v) is 5.33. The van der Waals surface area contributed by atoms with Crippen molar-refractivity contribution >= 4 is 23.1 Å². The largest absolute Gasteiger partial charge is 0.349 e. The Morgan fingerprint density at radius 2 is 2.03 bits per heavy atom. The van der Waals surface area contributed by atoms with E-state index in [0.717, 1.165) is 30.8 Å². The predicted molar refractivity (Wildman–Crippen MR) is 111 cm³/mol. The van der Waals surface area contributed by atoms with Gasteiger partial charge in [-0.2, -0.15) is 5.10 Å². The summed E-state index contributed by atoms with van der Waals surface area (Å²) in [6.45, 7) is 0.831. The predicted octanol–water partition coefficient (Wildman–Crippen LogP) is 3.86. The molecule has 4 aromatic rings. The number of hydrogen-bond donors (Lipinski definition) is 1. The maximum Gasteiger partial charge on any atom is 0.255 e. The van der Waals surface area contributed by atoms with E-state index < -0.39 is 0 Å². The Balaban J connectivity index is 1.46. The minimum atomic E-state index is -0.252. The van der Waals surface area contributed by atoms with Crippen LogP contribution in [0.2, 0.25) is 0 Å². The molecule has 3 aromatic heterocycles. The Kier molecular flexibility index (Phi) is 4.59. The summed E-state index contributed by atoms with van der Waals surface area (Å²) >= 11 is 0. The minimum Gasteiger partial charge on any atom is -0.349 e. The molecule has 1 N–H and O–H groups in total. The first kappa shape index (κ1) is 18.2. The Hall–Kier alpha value is -3.81. The molecule has 1 aliphatic heterocycles. The van der Waals surface area contributed by atoms with Crippen molar-refractivity contribution in [1.29, 1.82) is 0 Å². The number of pyridine rings is 1. The molecule has 0 spiro atoms. The number of aromatic nitrogens is 4. The van der Waals surface area contributed by atoms with Crippen LogP contribution in [0.4, 0.5) is 15.9 Å². The molecule has 8 heteroatoms. The van der Waals surface area contributed by atoms with Gasteiger partial charge < -0.3 is 10.2 Å². The number of carbonyl (C=O) groups excluding carboxylic acids is 1. The number of amides is 1. The highest BCUT2D eigenvalue weighted by atomic mass is 19.1. The van der Waals surface area contributed by atoms with Crippen LogP contribution in [0.15, 0.2) is 67.3 Å². The van der Waals surface area contributed by atoms with Gasteiger partial charge in [0, 0.05) is 30.7 Å². The molecule has 5 rings (SSSR count). The number of anilines is 2. The van der Waals surface area contributed by atoms with E-state index in [2.05, 4.69) is 20.3 Å². The summed E-state index contributed by atoms with van der Waals surface area (Å²) in [5.41, 5.74) is 2.53. The van der Waals surface area contributed by atoms with E-state index in [0.29, 0.717) is 16.9 Å². The fourth-order valence-corrected chi connectivity index (χ4v) is 3.91. The average Bonchev–Trinajstić information content (AvgIpc) is 3.41. The van der Waals surface area contributed by atoms with Crippen molar-refractivity contribution in [3.8, 4) is 0 Å². The van der Waals surface area contributed by atoms with Gasteiger partial charge in [0.2, 0.25) is 0 Å². The molecule has 1 aromatic carbocycles. The van der Waals surface area contributed by atoms with Gasteiger partial charge in [-0.3, -0.25) is 9.78 Å². The normalized spacial score (nSPS) is 16.2. The highest BCUT2D eigenvalue weighted by molar-refractivity contribution is 6.05. The number of halogens is 1. The lowest BCUT2D eigenvalue weighted by molar-refractivity contribution is 0.102. The SMILES string of the molecule is O=C(Nc1cnn2ccc(N3CCC[C@@H]3c3cccc(F)c3)nc12)c1ccncc1. The van der Waals surface area contributed by atoms with E-state index in [4.69, 9.17) is 4.98 Å². The summed E-state index contributed by atoms with van der Waals surface area (Å²) in [6.07, 6.45) is 8.47. The number of nitrogens with zero attached hydrogens (tertiary/aromatic N) is 5. The number of rotatable bonds is 4. The van der Waals surface area contributed by atoms with Gasteiger partial charge in [0.25, 0.3) is 5.91 Å². The van der Waals surface area contributed by atoms with Crippen molar-refractivity contribution in [3.63, 3.8) is 0 Å². The third kappa shape index (κ3) is 3.36. The third-order valence-electron chi connectivity index (χ3n) is 5.33. The van der Waals surface area contributed by atoms with E-state index in [9.17, 15) is 9.18 Å². The van der Waals surface area contributed by atoms with E-state index >= 15 is 0 Å². The maximum atomic E-state index is 13.7. The van der Waals surface area contributed by atoms with Crippen molar-refractivity contribution in [2.75, 3.05) is 16.8 Å². The van der Waals surface area contributed by atoms with Gasteiger partial charge in [-0.15, -0.1) is 0 Å². The lowest BCUT2D eigenvalue weighted by Crippen LogP contribution is -2.24. The Labute approximate surface area is 172 Å². The zero-order chi connectivity index (χ0) is 20.5. The highest BCUT2D eigenvalue weighted by Gasteiger charge is 2.28. The number of fused-ring (bicyclic) bond motifs is 1. The van der Waals surface area contributed by atoms with E-state index in [-0.39, 0.29) is 17.8 Å². The molecular formula is C22H19FN6O. The molecule has 1 amide bonds. The first-order valence-electron chi connectivity index (χ1n) is 9.77. The van der Waals surface area contributed by atoms with Crippen LogP contribution in [0.3, 0.4) is 0 Å². The fraction of sp³-hybridized carbons (Fsp3) is 0.182. The van der Waals surface area contributed by atoms with E-state index in [1.165, 1.54) is 6.07 Å². The summed E-state index contributed by atoms with van der Waals surface area (Å²) in [7, 11) is 0. The molecule has 0 radical (unpaired) electrons. The van der Waals surface area contributed by atoms with Crippen LogP contribution in [0.5, 0.6) is 0 Å². The van der Waals surface area contributed by atoms with Crippen molar-refractivity contribution < 1.29 is 9.18 Å². The number of nitrogens with one attached hydrogen (secondary N) is 1. The number of benzene rings is 1. The minimum absolute atomic E-state index is 0.0634. The number of hydrogen-bond acceptors (Lipinski definition) is 5. The van der Waals surface area contributed by atoms with E-state index in [1.54, 1.807) is 47.4 Å². The van der Waals surface area contributed by atoms with Gasteiger partial charge in [0.1, 0.15) is 17.3 Å². The van der Waals surface area contributed by atoms with Crippen molar-refractivity contribution in [2.45, 2.75) is 18.9 Å². The van der Waals surface area contributed by atoms with Gasteiger partial charge in [0.15, 0.2) is 5.65 Å². The molecule has 150 valence electrons. The van der Waals surface area contributed by atoms with Crippen LogP contribution in [0, 0.1) is 5.82 Å². The summed E-state index contributed by atoms with van der Waals surface area (Å²) in [4.78, 5) is 23.4. The molecule has 1 saturated heterocycles. The second-order valence-electron chi connectivity index (χ2n) is 7.21. The summed E-state index contributed by atoms with van der Waals surface area (Å²) in [5.74, 6) is 0.284. The van der Waals surface area contributed by atoms with Gasteiger partial charge in [0.05, 0.1) is 12.2 Å². The molecule has 1 aliphatic rings. The molecule has 1 atom stereocenters. The quantitative estimate of drug-likeness (QED) is 0.561. The van der Waals surface area contributed by atoms with Crippen LogP contribution in [0.25, 0.3) is 5.65 Å². The zero-order valence-corrected chi connectivity index (χ0v) is 16.1. The Bertz CT molecular complexity index is 1210. The molecule has 30 heavy (non-hydrogen) atoms. The second kappa shape index (κ2) is 7.55. The lowest BCUT2D eigenvalue weighted by atomic mass is 10.0. The van der Waals surface area contributed by atoms with Crippen molar-refractivity contribution in [1.82, 2.24) is 19.6 Å². The first-order chi connectivity index (χ1) is 14.7. The molecule has 0 aliphatic carbocycles. The molecule has 7 nitrogen and oxygen atoms in total. The van der Waals surface area contributed by atoms with Gasteiger partial charge in [-0.05, 0) is 48.7 Å². The summed E-state index contributed by atoms with van der Waals surface area (Å²) in [5, 5.41) is 7.15. The summed E-state index contributed by atoms with van der Waals surface area (Å²) < 4.78 is 15.4. The van der Waals surface area contributed by atoms with Crippen LogP contribution in [0.1, 0.15) is 34.8 Å². The molecule has 0 saturated carbocycles. The standard InChI is InChI=1S/C22H19FN6O/c23-17-4-1-3-16(13-17)19-5-2-11-28(19)20-8-12-29-21(27-20)18(14-25-29)26-22(30)15-6-9-24-10-7-15/h1,3-4,6-10,12-14,19H,2,5,11H2,(H,26,30)/t19-/m1/s1. The fourth-order valence-electron chi connectivity index (χ4n) is 3.91. The van der Waals surface area contributed by atoms with Crippen molar-refractivity contribution in [3.05, 3.63) is 84.2 Å². The van der Waals surface area contributed by atoms with E-state index in [1.807, 2.05) is 18.3 Å². The van der Waals surface area contributed by atoms with Crippen LogP contribution < -0.4 is 10.2 Å². The molecular weight excluding hydrogens is 383 g/mol. The molecule has 0 bridgehead atoms. The highest BCUT2D eigenvalue weighted by Crippen LogP contribution is 2.35. The number of carbonyl (C=O) groups is 1. The monoisotopic (exact) mass is 402 g/mol. The van der Waals surface area contributed by atoms with Crippen molar-refractivity contribution in [2.24, 2.45) is 0 Å². The summed E-state index contributed by atoms with van der Waals surface area (Å²) in [6, 6.07) is 12.0. The molecule has 1 fully saturated rings. The van der Waals surface area contributed by atoms with Gasteiger partial charge in [-0.1, -0.05) is 12.1 Å². The smallest absolute Gasteiger partial charge is 0.255 e. The zero-order valence-electron chi connectivity index (χ0n) is 16.1. The lowest BCUT2D eigenvalue weighted by Gasteiger charge is -2.26. The molecule has 0 unspecified atom stereocenters. The molecule has 4 heterocycles. The topological polar surface area (TPSA) is 75.4 Å². The van der Waals surface area contributed by atoms with Gasteiger partial charge in [-0.25, -0.2) is 13.9 Å². The Morgan fingerprint density at radius 3 is 2.87 bits per heavy atom. The maximum absolute atomic E-state index is 13.7. The van der Waals surface area contributed by atoms with Crippen LogP contribution in [-0.2, 0) is 0 Å². The second-order valence-corrected chi connectivity index (χ2v) is 7.21. The van der Waals surface area contributed by atoms with Gasteiger partial charge >= 0.3 is 0 Å². The average molecular weight is 402 g/mol. The first-order valence-corrected chi connectivity index (χ1v) is 9.77. The van der Waals surface area contributed by atoms with Crippen LogP contribution >= 0.6 is 0 Å². The van der Waals surface area contributed by atoms with Crippen LogP contribution in [-0.4, -0.2) is 32.0 Å². The Morgan fingerprint density at radius 1 is 1.17 bits per heavy atom.